The number of rotatable bonds is 5. The Bertz CT molecular complexity index is 689. The van der Waals surface area contributed by atoms with Crippen molar-refractivity contribution in [2.24, 2.45) is 17.1 Å². The first-order valence-electron chi connectivity index (χ1n) is 7.45. The number of fused-ring (bicyclic) bond motifs is 1. The molecule has 0 radical (unpaired) electrons. The van der Waals surface area contributed by atoms with Gasteiger partial charge in [0.1, 0.15) is 4.99 Å². The van der Waals surface area contributed by atoms with Crippen molar-refractivity contribution in [2.75, 3.05) is 11.9 Å². The summed E-state index contributed by atoms with van der Waals surface area (Å²) in [5.74, 6) is 0.686. The molecule has 1 heterocycles. The van der Waals surface area contributed by atoms with Gasteiger partial charge in [0.05, 0.1) is 16.8 Å². The second kappa shape index (κ2) is 5.26. The lowest BCUT2D eigenvalue weighted by molar-refractivity contribution is 0.380. The van der Waals surface area contributed by atoms with Crippen molar-refractivity contribution >= 4 is 33.8 Å². The molecule has 3 nitrogen and oxygen atoms in total. The Balaban J connectivity index is 1.99. The third kappa shape index (κ3) is 2.60. The first kappa shape index (κ1) is 14.3. The van der Waals surface area contributed by atoms with Gasteiger partial charge < -0.3 is 11.1 Å². The fraction of sp³-hybridized carbons (Fsp3) is 0.412. The van der Waals surface area contributed by atoms with Crippen molar-refractivity contribution in [3.05, 3.63) is 36.0 Å². The molecule has 21 heavy (non-hydrogen) atoms. The molecule has 0 atom stereocenters. The van der Waals surface area contributed by atoms with Gasteiger partial charge in [-0.15, -0.1) is 0 Å². The molecule has 1 aliphatic carbocycles. The van der Waals surface area contributed by atoms with Crippen LogP contribution in [0.3, 0.4) is 0 Å². The van der Waals surface area contributed by atoms with E-state index in [1.807, 2.05) is 18.2 Å². The maximum Gasteiger partial charge on any atom is 0.107 e. The summed E-state index contributed by atoms with van der Waals surface area (Å²) in [7, 11) is 0. The number of benzene rings is 1. The molecule has 0 spiro atoms. The molecule has 1 aromatic carbocycles. The molecule has 0 unspecified atom stereocenters. The highest BCUT2D eigenvalue weighted by molar-refractivity contribution is 7.80. The Hall–Kier alpha value is -1.68. The van der Waals surface area contributed by atoms with E-state index < -0.39 is 0 Å². The molecular weight excluding hydrogens is 278 g/mol. The van der Waals surface area contributed by atoms with Gasteiger partial charge in [-0.1, -0.05) is 44.3 Å². The minimum absolute atomic E-state index is 0.394. The standard InChI is InChI=1S/C17H21N3S/c1-11(2)17(7-8-17)10-20-15-12-5-3-4-6-14(12)19-9-13(15)16(18)21/h3-6,9,11H,7-8,10H2,1-2H3,(H2,18,21)(H,19,20). The van der Waals surface area contributed by atoms with Crippen molar-refractivity contribution < 1.29 is 0 Å². The molecule has 3 N–H and O–H groups in total. The number of anilines is 1. The minimum atomic E-state index is 0.394. The predicted octanol–water partition coefficient (Wildman–Crippen LogP) is 3.72. The van der Waals surface area contributed by atoms with Crippen LogP contribution in [-0.4, -0.2) is 16.5 Å². The van der Waals surface area contributed by atoms with Crippen LogP contribution in [0, 0.1) is 11.3 Å². The van der Waals surface area contributed by atoms with Crippen molar-refractivity contribution in [1.82, 2.24) is 4.98 Å². The Morgan fingerprint density at radius 1 is 1.38 bits per heavy atom. The average molecular weight is 299 g/mol. The van der Waals surface area contributed by atoms with E-state index in [0.717, 1.165) is 28.7 Å². The van der Waals surface area contributed by atoms with Gasteiger partial charge in [-0.25, -0.2) is 0 Å². The topological polar surface area (TPSA) is 50.9 Å². The van der Waals surface area contributed by atoms with Gasteiger partial charge in [0.15, 0.2) is 0 Å². The highest BCUT2D eigenvalue weighted by atomic mass is 32.1. The van der Waals surface area contributed by atoms with Crippen LogP contribution in [0.2, 0.25) is 0 Å². The third-order valence-electron chi connectivity index (χ3n) is 4.78. The smallest absolute Gasteiger partial charge is 0.107 e. The molecule has 2 aromatic rings. The summed E-state index contributed by atoms with van der Waals surface area (Å²) < 4.78 is 0. The number of nitrogens with one attached hydrogen (secondary N) is 1. The first-order valence-corrected chi connectivity index (χ1v) is 7.86. The van der Waals surface area contributed by atoms with Gasteiger partial charge in [-0.2, -0.15) is 0 Å². The monoisotopic (exact) mass is 299 g/mol. The van der Waals surface area contributed by atoms with Gasteiger partial charge in [-0.3, -0.25) is 4.98 Å². The van der Waals surface area contributed by atoms with Crippen molar-refractivity contribution in [1.29, 1.82) is 0 Å². The van der Waals surface area contributed by atoms with Crippen LogP contribution >= 0.6 is 12.2 Å². The van der Waals surface area contributed by atoms with Crippen LogP contribution in [-0.2, 0) is 0 Å². The number of aromatic nitrogens is 1. The number of pyridine rings is 1. The number of hydrogen-bond donors (Lipinski definition) is 2. The second-order valence-corrected chi connectivity index (χ2v) is 6.74. The van der Waals surface area contributed by atoms with E-state index >= 15 is 0 Å². The van der Waals surface area contributed by atoms with Gasteiger partial charge in [0, 0.05) is 18.1 Å². The molecule has 1 aromatic heterocycles. The predicted molar refractivity (Wildman–Crippen MR) is 92.6 cm³/mol. The van der Waals surface area contributed by atoms with Crippen LogP contribution in [0.4, 0.5) is 5.69 Å². The molecular formula is C17H21N3S. The lowest BCUT2D eigenvalue weighted by Gasteiger charge is -2.22. The maximum absolute atomic E-state index is 5.87. The number of thiocarbonyl (C=S) groups is 1. The van der Waals surface area contributed by atoms with Crippen LogP contribution < -0.4 is 11.1 Å². The van der Waals surface area contributed by atoms with E-state index in [4.69, 9.17) is 18.0 Å². The van der Waals surface area contributed by atoms with Gasteiger partial charge in [0.2, 0.25) is 0 Å². The van der Waals surface area contributed by atoms with E-state index in [2.05, 4.69) is 30.2 Å². The summed E-state index contributed by atoms with van der Waals surface area (Å²) in [6.07, 6.45) is 4.37. The SMILES string of the molecule is CC(C)C1(CNc2c(C(N)=S)cnc3ccccc23)CC1. The second-order valence-electron chi connectivity index (χ2n) is 6.30. The van der Waals surface area contributed by atoms with Crippen LogP contribution in [0.5, 0.6) is 0 Å². The zero-order valence-corrected chi connectivity index (χ0v) is 13.3. The van der Waals surface area contributed by atoms with E-state index in [1.54, 1.807) is 6.20 Å². The highest BCUT2D eigenvalue weighted by Gasteiger charge is 2.45. The molecule has 1 fully saturated rings. The third-order valence-corrected chi connectivity index (χ3v) is 5.00. The molecule has 0 amide bonds. The minimum Gasteiger partial charge on any atom is -0.389 e. The molecule has 0 saturated heterocycles. The zero-order valence-electron chi connectivity index (χ0n) is 12.5. The van der Waals surface area contributed by atoms with Gasteiger partial charge in [-0.05, 0) is 30.2 Å². The summed E-state index contributed by atoms with van der Waals surface area (Å²) >= 11 is 5.19. The van der Waals surface area contributed by atoms with E-state index in [0.29, 0.717) is 16.3 Å². The molecule has 0 aliphatic heterocycles. The van der Waals surface area contributed by atoms with Gasteiger partial charge in [0.25, 0.3) is 0 Å². The van der Waals surface area contributed by atoms with E-state index in [9.17, 15) is 0 Å². The summed E-state index contributed by atoms with van der Waals surface area (Å²) in [5, 5.41) is 4.70. The van der Waals surface area contributed by atoms with Crippen LogP contribution in [0.1, 0.15) is 32.3 Å². The molecule has 0 bridgehead atoms. The van der Waals surface area contributed by atoms with E-state index in [-0.39, 0.29) is 0 Å². The maximum atomic E-state index is 5.87. The van der Waals surface area contributed by atoms with E-state index in [1.165, 1.54) is 12.8 Å². The Morgan fingerprint density at radius 3 is 2.71 bits per heavy atom. The molecule has 3 rings (SSSR count). The van der Waals surface area contributed by atoms with Crippen molar-refractivity contribution in [2.45, 2.75) is 26.7 Å². The molecule has 110 valence electrons. The number of hydrogen-bond acceptors (Lipinski definition) is 3. The highest BCUT2D eigenvalue weighted by Crippen LogP contribution is 2.51. The fourth-order valence-corrected chi connectivity index (χ4v) is 3.06. The Labute approximate surface area is 130 Å². The fourth-order valence-electron chi connectivity index (χ4n) is 2.90. The largest absolute Gasteiger partial charge is 0.389 e. The molecule has 4 heteroatoms. The van der Waals surface area contributed by atoms with Gasteiger partial charge >= 0.3 is 0 Å². The summed E-state index contributed by atoms with van der Waals surface area (Å²) in [5.41, 5.74) is 9.13. The summed E-state index contributed by atoms with van der Waals surface area (Å²) in [6, 6.07) is 8.10. The lowest BCUT2D eigenvalue weighted by Crippen LogP contribution is -2.23. The Morgan fingerprint density at radius 2 is 2.10 bits per heavy atom. The quantitative estimate of drug-likeness (QED) is 0.826. The molecule has 1 aliphatic rings. The van der Waals surface area contributed by atoms with Crippen LogP contribution in [0.15, 0.2) is 30.5 Å². The number of nitrogens with two attached hydrogens (primary N) is 1. The number of nitrogens with zero attached hydrogens (tertiary/aromatic N) is 1. The molecule has 1 saturated carbocycles. The van der Waals surface area contributed by atoms with Crippen molar-refractivity contribution in [3.63, 3.8) is 0 Å². The Kier molecular flexibility index (Phi) is 3.57. The van der Waals surface area contributed by atoms with Crippen LogP contribution in [0.25, 0.3) is 10.9 Å². The lowest BCUT2D eigenvalue weighted by atomic mass is 9.92. The zero-order chi connectivity index (χ0) is 15.0. The summed E-state index contributed by atoms with van der Waals surface area (Å²) in [6.45, 7) is 5.57. The average Bonchev–Trinajstić information content (AvgIpc) is 3.25. The first-order chi connectivity index (χ1) is 10.0. The number of para-hydroxylation sites is 1. The summed E-state index contributed by atoms with van der Waals surface area (Å²) in [4.78, 5) is 4.84. The normalized spacial score (nSPS) is 16.1. The van der Waals surface area contributed by atoms with Crippen molar-refractivity contribution in [3.8, 4) is 0 Å².